The minimum absolute atomic E-state index is 0.497. The first-order chi connectivity index (χ1) is 10.1. The van der Waals surface area contributed by atoms with Crippen LogP contribution in [0.2, 0.25) is 5.02 Å². The largest absolute Gasteiger partial charge is 0.337 e. The lowest BCUT2D eigenvalue weighted by Crippen LogP contribution is -2.07. The third kappa shape index (κ3) is 3.14. The van der Waals surface area contributed by atoms with E-state index < -0.39 is 0 Å². The maximum Gasteiger partial charge on any atom is 0.171 e. The zero-order chi connectivity index (χ0) is 15.4. The zero-order valence-electron chi connectivity index (χ0n) is 12.4. The Morgan fingerprint density at radius 2 is 2.00 bits per heavy atom. The van der Waals surface area contributed by atoms with Crippen LogP contribution in [0.4, 0.5) is 11.5 Å². The number of hydrogen-bond donors (Lipinski definition) is 1. The summed E-state index contributed by atoms with van der Waals surface area (Å²) >= 11 is 5.96. The second-order valence-electron chi connectivity index (χ2n) is 4.75. The van der Waals surface area contributed by atoms with Crippen LogP contribution in [0.25, 0.3) is 0 Å². The van der Waals surface area contributed by atoms with Crippen LogP contribution < -0.4 is 5.32 Å². The topological polar surface area (TPSA) is 61.6 Å². The van der Waals surface area contributed by atoms with Gasteiger partial charge in [-0.15, -0.1) is 5.10 Å². The molecule has 4 nitrogen and oxygen atoms in total. The minimum atomic E-state index is 0.497. The molecule has 0 aliphatic rings. The Bertz CT molecular complexity index is 704. The van der Waals surface area contributed by atoms with Gasteiger partial charge < -0.3 is 5.32 Å². The Kier molecular flexibility index (Phi) is 4.77. The number of nitrogens with one attached hydrogen (secondary N) is 1. The predicted molar refractivity (Wildman–Crippen MR) is 85.0 cm³/mol. The summed E-state index contributed by atoms with van der Waals surface area (Å²) in [5.74, 6) is 0.497. The average molecular weight is 301 g/mol. The van der Waals surface area contributed by atoms with Crippen molar-refractivity contribution in [3.05, 3.63) is 45.6 Å². The van der Waals surface area contributed by atoms with E-state index in [0.29, 0.717) is 16.4 Å². The molecule has 1 aromatic carbocycles. The van der Waals surface area contributed by atoms with E-state index in [9.17, 15) is 5.26 Å². The van der Waals surface area contributed by atoms with Gasteiger partial charge in [0.1, 0.15) is 11.6 Å². The van der Waals surface area contributed by atoms with Crippen LogP contribution in [-0.4, -0.2) is 10.2 Å². The third-order valence-electron chi connectivity index (χ3n) is 3.40. The predicted octanol–water partition coefficient (Wildman–Crippen LogP) is 4.18. The first-order valence-corrected chi connectivity index (χ1v) is 7.30. The van der Waals surface area contributed by atoms with E-state index in [1.807, 2.05) is 32.9 Å². The highest BCUT2D eigenvalue weighted by atomic mass is 35.5. The second-order valence-corrected chi connectivity index (χ2v) is 5.19. The number of nitrogens with zero attached hydrogens (tertiary/aromatic N) is 3. The van der Waals surface area contributed by atoms with E-state index in [1.54, 1.807) is 6.07 Å². The molecule has 0 unspecified atom stereocenters. The molecule has 0 radical (unpaired) electrons. The van der Waals surface area contributed by atoms with Gasteiger partial charge in [0.15, 0.2) is 5.82 Å². The molecule has 0 saturated heterocycles. The summed E-state index contributed by atoms with van der Waals surface area (Å²) < 4.78 is 0. The van der Waals surface area contributed by atoms with Crippen molar-refractivity contribution in [2.75, 3.05) is 5.32 Å². The maximum absolute atomic E-state index is 9.46. The van der Waals surface area contributed by atoms with Crippen molar-refractivity contribution in [3.63, 3.8) is 0 Å². The van der Waals surface area contributed by atoms with Crippen LogP contribution >= 0.6 is 11.6 Å². The fraction of sp³-hybridized carbons (Fsp3) is 0.312. The van der Waals surface area contributed by atoms with E-state index in [4.69, 9.17) is 11.6 Å². The SMILES string of the molecule is CCc1nnc(Nc2ccc(Cl)cc2C)c(C#N)c1CC. The van der Waals surface area contributed by atoms with Crippen molar-refractivity contribution >= 4 is 23.1 Å². The molecule has 0 saturated carbocycles. The molecule has 0 aliphatic carbocycles. The summed E-state index contributed by atoms with van der Waals surface area (Å²) in [6, 6.07) is 7.79. The van der Waals surface area contributed by atoms with Crippen LogP contribution in [0.15, 0.2) is 18.2 Å². The standard InChI is InChI=1S/C16H17ClN4/c1-4-12-13(9-18)16(21-20-14(12)5-2)19-15-7-6-11(17)8-10(15)3/h6-8H,4-5H2,1-3H3,(H,19,21). The van der Waals surface area contributed by atoms with E-state index in [2.05, 4.69) is 21.6 Å². The number of aromatic nitrogens is 2. The normalized spacial score (nSPS) is 10.2. The van der Waals surface area contributed by atoms with Crippen LogP contribution in [-0.2, 0) is 12.8 Å². The number of aryl methyl sites for hydroxylation is 2. The number of anilines is 2. The van der Waals surface area contributed by atoms with Gasteiger partial charge in [0.05, 0.1) is 5.69 Å². The summed E-state index contributed by atoms with van der Waals surface area (Å²) in [6.45, 7) is 5.99. The number of rotatable bonds is 4. The van der Waals surface area contributed by atoms with E-state index in [0.717, 1.165) is 35.3 Å². The quantitative estimate of drug-likeness (QED) is 0.920. The van der Waals surface area contributed by atoms with Crippen molar-refractivity contribution in [2.45, 2.75) is 33.6 Å². The second kappa shape index (κ2) is 6.55. The van der Waals surface area contributed by atoms with Gasteiger partial charge in [0.25, 0.3) is 0 Å². The monoisotopic (exact) mass is 300 g/mol. The summed E-state index contributed by atoms with van der Waals surface area (Å²) in [7, 11) is 0. The lowest BCUT2D eigenvalue weighted by atomic mass is 10.0. The lowest BCUT2D eigenvalue weighted by Gasteiger charge is -2.13. The minimum Gasteiger partial charge on any atom is -0.337 e. The third-order valence-corrected chi connectivity index (χ3v) is 3.63. The molecule has 1 aromatic heterocycles. The molecular formula is C16H17ClN4. The van der Waals surface area contributed by atoms with Crippen molar-refractivity contribution < 1.29 is 0 Å². The summed E-state index contributed by atoms with van der Waals surface area (Å²) in [5, 5.41) is 21.7. The van der Waals surface area contributed by atoms with Gasteiger partial charge in [0.2, 0.25) is 0 Å². The van der Waals surface area contributed by atoms with Crippen molar-refractivity contribution in [1.82, 2.24) is 10.2 Å². The Hall–Kier alpha value is -2.12. The highest BCUT2D eigenvalue weighted by Crippen LogP contribution is 2.26. The average Bonchev–Trinajstić information content (AvgIpc) is 2.49. The molecule has 2 aromatic rings. The lowest BCUT2D eigenvalue weighted by molar-refractivity contribution is 0.877. The molecule has 0 bridgehead atoms. The molecule has 1 heterocycles. The first-order valence-electron chi connectivity index (χ1n) is 6.92. The van der Waals surface area contributed by atoms with Gasteiger partial charge in [-0.3, -0.25) is 0 Å². The summed E-state index contributed by atoms with van der Waals surface area (Å²) in [5.41, 5.74) is 4.28. The molecule has 2 rings (SSSR count). The molecule has 1 N–H and O–H groups in total. The Morgan fingerprint density at radius 1 is 1.24 bits per heavy atom. The smallest absolute Gasteiger partial charge is 0.171 e. The number of benzene rings is 1. The number of nitriles is 1. The maximum atomic E-state index is 9.46. The van der Waals surface area contributed by atoms with Gasteiger partial charge in [-0.1, -0.05) is 25.4 Å². The Balaban J connectivity index is 2.47. The Morgan fingerprint density at radius 3 is 2.57 bits per heavy atom. The van der Waals surface area contributed by atoms with Crippen LogP contribution in [0, 0.1) is 18.3 Å². The summed E-state index contributed by atoms with van der Waals surface area (Å²) in [6.07, 6.45) is 1.53. The fourth-order valence-corrected chi connectivity index (χ4v) is 2.50. The van der Waals surface area contributed by atoms with Gasteiger partial charge in [-0.25, -0.2) is 0 Å². The van der Waals surface area contributed by atoms with Crippen LogP contribution in [0.1, 0.15) is 36.2 Å². The molecule has 0 spiro atoms. The molecule has 21 heavy (non-hydrogen) atoms. The highest BCUT2D eigenvalue weighted by molar-refractivity contribution is 6.30. The van der Waals surface area contributed by atoms with Gasteiger partial charge in [-0.2, -0.15) is 10.4 Å². The molecule has 0 fully saturated rings. The van der Waals surface area contributed by atoms with E-state index >= 15 is 0 Å². The summed E-state index contributed by atoms with van der Waals surface area (Å²) in [4.78, 5) is 0. The molecule has 5 heteroatoms. The number of halogens is 1. The van der Waals surface area contributed by atoms with E-state index in [-0.39, 0.29) is 0 Å². The van der Waals surface area contributed by atoms with Gasteiger partial charge in [0, 0.05) is 10.7 Å². The highest BCUT2D eigenvalue weighted by Gasteiger charge is 2.14. The van der Waals surface area contributed by atoms with E-state index in [1.165, 1.54) is 0 Å². The van der Waals surface area contributed by atoms with Crippen LogP contribution in [0.3, 0.4) is 0 Å². The molecule has 0 amide bonds. The molecular weight excluding hydrogens is 284 g/mol. The fourth-order valence-electron chi connectivity index (χ4n) is 2.28. The molecule has 0 aliphatic heterocycles. The zero-order valence-corrected chi connectivity index (χ0v) is 13.1. The number of hydrogen-bond acceptors (Lipinski definition) is 4. The van der Waals surface area contributed by atoms with Gasteiger partial charge in [-0.05, 0) is 49.1 Å². The first kappa shape index (κ1) is 15.3. The van der Waals surface area contributed by atoms with Crippen molar-refractivity contribution in [2.24, 2.45) is 0 Å². The molecule has 0 atom stereocenters. The van der Waals surface area contributed by atoms with Gasteiger partial charge >= 0.3 is 0 Å². The van der Waals surface area contributed by atoms with Crippen molar-refractivity contribution in [3.8, 4) is 6.07 Å². The van der Waals surface area contributed by atoms with Crippen LogP contribution in [0.5, 0.6) is 0 Å². The Labute approximate surface area is 129 Å². The molecule has 108 valence electrons. The van der Waals surface area contributed by atoms with Crippen molar-refractivity contribution in [1.29, 1.82) is 5.26 Å².